The van der Waals surface area contributed by atoms with E-state index in [1.165, 1.54) is 0 Å². The van der Waals surface area contributed by atoms with Crippen LogP contribution in [0.4, 0.5) is 0 Å². The highest BCUT2D eigenvalue weighted by atomic mass is 32.2. The standard InChI is InChI=1S/C14H23NOS/c1-13(2,17-4)10-15-11-14(3,16)12-8-6-5-7-9-12/h5-9,15-16H,10-11H2,1-4H3. The molecule has 0 heterocycles. The molecule has 0 spiro atoms. The quantitative estimate of drug-likeness (QED) is 0.817. The van der Waals surface area contributed by atoms with E-state index >= 15 is 0 Å². The van der Waals surface area contributed by atoms with Crippen molar-refractivity contribution >= 4 is 11.8 Å². The second kappa shape index (κ2) is 5.89. The van der Waals surface area contributed by atoms with E-state index in [4.69, 9.17) is 0 Å². The molecule has 0 bridgehead atoms. The first-order valence-corrected chi connectivity index (χ1v) is 7.14. The zero-order valence-corrected chi connectivity index (χ0v) is 12.0. The van der Waals surface area contributed by atoms with Gasteiger partial charge >= 0.3 is 0 Å². The van der Waals surface area contributed by atoms with Crippen LogP contribution in [0.1, 0.15) is 26.3 Å². The predicted octanol–water partition coefficient (Wildman–Crippen LogP) is 2.63. The number of rotatable bonds is 6. The van der Waals surface area contributed by atoms with Crippen LogP contribution in [0.15, 0.2) is 30.3 Å². The molecule has 0 saturated carbocycles. The second-order valence-electron chi connectivity index (χ2n) is 5.21. The van der Waals surface area contributed by atoms with E-state index in [-0.39, 0.29) is 4.75 Å². The molecule has 17 heavy (non-hydrogen) atoms. The predicted molar refractivity (Wildman–Crippen MR) is 76.5 cm³/mol. The average Bonchev–Trinajstić information content (AvgIpc) is 2.30. The molecule has 2 N–H and O–H groups in total. The zero-order chi connectivity index (χ0) is 12.9. The monoisotopic (exact) mass is 253 g/mol. The lowest BCUT2D eigenvalue weighted by atomic mass is 9.96. The first kappa shape index (κ1) is 14.6. The third-order valence-corrected chi connectivity index (χ3v) is 4.22. The summed E-state index contributed by atoms with van der Waals surface area (Å²) in [5.41, 5.74) is 0.143. The molecule has 1 aromatic rings. The molecule has 0 fully saturated rings. The van der Waals surface area contributed by atoms with Crippen molar-refractivity contribution in [1.82, 2.24) is 5.32 Å². The molecule has 3 heteroatoms. The van der Waals surface area contributed by atoms with Crippen LogP contribution < -0.4 is 5.32 Å². The van der Waals surface area contributed by atoms with E-state index in [9.17, 15) is 5.11 Å². The second-order valence-corrected chi connectivity index (χ2v) is 6.72. The molecule has 0 radical (unpaired) electrons. The lowest BCUT2D eigenvalue weighted by molar-refractivity contribution is 0.0568. The number of hydrogen-bond donors (Lipinski definition) is 2. The first-order valence-electron chi connectivity index (χ1n) is 5.91. The molecule has 0 aliphatic carbocycles. The SMILES string of the molecule is CSC(C)(C)CNCC(C)(O)c1ccccc1. The summed E-state index contributed by atoms with van der Waals surface area (Å²) in [6.07, 6.45) is 2.11. The van der Waals surface area contributed by atoms with E-state index in [1.54, 1.807) is 0 Å². The van der Waals surface area contributed by atoms with Gasteiger partial charge in [-0.3, -0.25) is 0 Å². The number of aliphatic hydroxyl groups is 1. The van der Waals surface area contributed by atoms with Crippen LogP contribution in [0.25, 0.3) is 0 Å². The van der Waals surface area contributed by atoms with Crippen molar-refractivity contribution in [1.29, 1.82) is 0 Å². The molecule has 0 saturated heterocycles. The van der Waals surface area contributed by atoms with Crippen LogP contribution in [0.3, 0.4) is 0 Å². The van der Waals surface area contributed by atoms with Crippen LogP contribution in [-0.2, 0) is 5.60 Å². The van der Waals surface area contributed by atoms with Gasteiger partial charge in [-0.15, -0.1) is 0 Å². The minimum absolute atomic E-state index is 0.201. The maximum atomic E-state index is 10.4. The molecule has 0 aliphatic heterocycles. The van der Waals surface area contributed by atoms with Crippen molar-refractivity contribution in [3.63, 3.8) is 0 Å². The van der Waals surface area contributed by atoms with Gasteiger partial charge in [0.15, 0.2) is 0 Å². The van der Waals surface area contributed by atoms with Gasteiger partial charge in [-0.1, -0.05) is 30.3 Å². The van der Waals surface area contributed by atoms with Gasteiger partial charge < -0.3 is 10.4 Å². The summed E-state index contributed by atoms with van der Waals surface area (Å²) >= 11 is 1.83. The number of nitrogens with one attached hydrogen (secondary N) is 1. The Morgan fingerprint density at radius 2 is 1.71 bits per heavy atom. The lowest BCUT2D eigenvalue weighted by Gasteiger charge is -2.28. The molecular formula is C14H23NOS. The fourth-order valence-electron chi connectivity index (χ4n) is 1.58. The van der Waals surface area contributed by atoms with E-state index in [1.807, 2.05) is 49.0 Å². The Morgan fingerprint density at radius 1 is 1.12 bits per heavy atom. The van der Waals surface area contributed by atoms with Crippen molar-refractivity contribution in [3.8, 4) is 0 Å². The fraction of sp³-hybridized carbons (Fsp3) is 0.571. The molecule has 2 nitrogen and oxygen atoms in total. The molecule has 0 aliphatic rings. The van der Waals surface area contributed by atoms with Crippen molar-refractivity contribution in [2.24, 2.45) is 0 Å². The Balaban J connectivity index is 2.51. The van der Waals surface area contributed by atoms with Crippen molar-refractivity contribution < 1.29 is 5.11 Å². The third-order valence-electron chi connectivity index (χ3n) is 2.97. The van der Waals surface area contributed by atoms with Gasteiger partial charge in [-0.05, 0) is 32.6 Å². The zero-order valence-electron chi connectivity index (χ0n) is 11.2. The fourth-order valence-corrected chi connectivity index (χ4v) is 1.82. The molecule has 1 atom stereocenters. The van der Waals surface area contributed by atoms with Gasteiger partial charge in [-0.2, -0.15) is 11.8 Å². The van der Waals surface area contributed by atoms with Crippen molar-refractivity contribution in [3.05, 3.63) is 35.9 Å². The molecule has 1 unspecified atom stereocenters. The summed E-state index contributed by atoms with van der Waals surface area (Å²) in [6, 6.07) is 9.79. The van der Waals surface area contributed by atoms with Crippen LogP contribution in [0.5, 0.6) is 0 Å². The van der Waals surface area contributed by atoms with Crippen molar-refractivity contribution in [2.45, 2.75) is 31.1 Å². The van der Waals surface area contributed by atoms with Gasteiger partial charge in [0.25, 0.3) is 0 Å². The van der Waals surface area contributed by atoms with Crippen LogP contribution >= 0.6 is 11.8 Å². The molecule has 96 valence electrons. The smallest absolute Gasteiger partial charge is 0.0992 e. The molecule has 1 aromatic carbocycles. The van der Waals surface area contributed by atoms with Gasteiger partial charge in [-0.25, -0.2) is 0 Å². The number of thioether (sulfide) groups is 1. The van der Waals surface area contributed by atoms with Gasteiger partial charge in [0.05, 0.1) is 5.60 Å². The Kier molecular flexibility index (Phi) is 5.04. The number of hydrogen-bond acceptors (Lipinski definition) is 3. The maximum absolute atomic E-state index is 10.4. The van der Waals surface area contributed by atoms with Gasteiger partial charge in [0, 0.05) is 17.8 Å². The Morgan fingerprint density at radius 3 is 2.24 bits per heavy atom. The summed E-state index contributed by atoms with van der Waals surface area (Å²) in [5.74, 6) is 0. The van der Waals surface area contributed by atoms with E-state index in [2.05, 4.69) is 25.4 Å². The summed E-state index contributed by atoms with van der Waals surface area (Å²) in [5, 5.41) is 13.7. The minimum Gasteiger partial charge on any atom is -0.384 e. The third kappa shape index (κ3) is 4.70. The lowest BCUT2D eigenvalue weighted by Crippen LogP contribution is -2.40. The van der Waals surface area contributed by atoms with Crippen LogP contribution in [0, 0.1) is 0 Å². The minimum atomic E-state index is -0.810. The Hall–Kier alpha value is -0.510. The topological polar surface area (TPSA) is 32.3 Å². The molecule has 1 rings (SSSR count). The van der Waals surface area contributed by atoms with Gasteiger partial charge in [0.2, 0.25) is 0 Å². The molecular weight excluding hydrogens is 230 g/mol. The van der Waals surface area contributed by atoms with Crippen molar-refractivity contribution in [2.75, 3.05) is 19.3 Å². The summed E-state index contributed by atoms with van der Waals surface area (Å²) in [7, 11) is 0. The van der Waals surface area contributed by atoms with Gasteiger partial charge in [0.1, 0.15) is 0 Å². The Bertz CT molecular complexity index is 335. The molecule has 0 aromatic heterocycles. The largest absolute Gasteiger partial charge is 0.384 e. The first-order chi connectivity index (χ1) is 7.87. The molecule has 0 amide bonds. The maximum Gasteiger partial charge on any atom is 0.0992 e. The highest BCUT2D eigenvalue weighted by molar-refractivity contribution is 7.99. The summed E-state index contributed by atoms with van der Waals surface area (Å²) < 4.78 is 0.201. The van der Waals surface area contributed by atoms with E-state index < -0.39 is 5.60 Å². The summed E-state index contributed by atoms with van der Waals surface area (Å²) in [4.78, 5) is 0. The summed E-state index contributed by atoms with van der Waals surface area (Å²) in [6.45, 7) is 7.70. The highest BCUT2D eigenvalue weighted by Gasteiger charge is 2.24. The normalized spacial score (nSPS) is 15.6. The average molecular weight is 253 g/mol. The number of benzene rings is 1. The van der Waals surface area contributed by atoms with Crippen LogP contribution in [0.2, 0.25) is 0 Å². The van der Waals surface area contributed by atoms with E-state index in [0.717, 1.165) is 12.1 Å². The Labute approximate surface area is 109 Å². The highest BCUT2D eigenvalue weighted by Crippen LogP contribution is 2.22. The van der Waals surface area contributed by atoms with Crippen LogP contribution in [-0.4, -0.2) is 29.2 Å². The van der Waals surface area contributed by atoms with E-state index in [0.29, 0.717) is 6.54 Å².